The van der Waals surface area contributed by atoms with Gasteiger partial charge in [0.25, 0.3) is 0 Å². The highest BCUT2D eigenvalue weighted by atomic mass is 16.6. The molecule has 1 aliphatic heterocycles. The fraction of sp³-hybridized carbons (Fsp3) is 0.0192. The van der Waals surface area contributed by atoms with E-state index in [1.165, 1.54) is 38.9 Å². The van der Waals surface area contributed by atoms with Crippen LogP contribution in [0.1, 0.15) is 22.3 Å². The van der Waals surface area contributed by atoms with Crippen molar-refractivity contribution in [2.75, 3.05) is 0 Å². The summed E-state index contributed by atoms with van der Waals surface area (Å²) in [6.07, 6.45) is 0. The van der Waals surface area contributed by atoms with Gasteiger partial charge in [0, 0.05) is 10.9 Å². The number of nitrogens with zero attached hydrogens (tertiary/aromatic N) is 1. The Hall–Kier alpha value is -7.23. The third kappa shape index (κ3) is 4.94. The summed E-state index contributed by atoms with van der Waals surface area (Å²) in [6, 6.07) is 70.6. The number of aromatic nitrogens is 1. The molecule has 0 atom stereocenters. The van der Waals surface area contributed by atoms with Crippen molar-refractivity contribution in [2.24, 2.45) is 0 Å². The van der Waals surface area contributed by atoms with E-state index in [0.717, 1.165) is 38.9 Å². The molecule has 0 unspecified atom stereocenters. The van der Waals surface area contributed by atoms with Crippen molar-refractivity contribution >= 4 is 10.9 Å². The first-order valence-corrected chi connectivity index (χ1v) is 18.7. The molecule has 55 heavy (non-hydrogen) atoms. The van der Waals surface area contributed by atoms with Crippen molar-refractivity contribution in [3.05, 3.63) is 222 Å². The Balaban J connectivity index is 0.990. The molecule has 8 aromatic carbocycles. The zero-order valence-electron chi connectivity index (χ0n) is 29.8. The summed E-state index contributed by atoms with van der Waals surface area (Å²) in [5.74, 6) is 2.80. The first-order valence-electron chi connectivity index (χ1n) is 18.7. The maximum atomic E-state index is 6.75. The molecular weight excluding hydrogens is 671 g/mol. The Labute approximate surface area is 319 Å². The van der Waals surface area contributed by atoms with Crippen molar-refractivity contribution in [3.8, 4) is 67.6 Å². The zero-order valence-corrected chi connectivity index (χ0v) is 29.8. The quantitative estimate of drug-likeness (QED) is 0.179. The third-order valence-electron chi connectivity index (χ3n) is 11.2. The predicted molar refractivity (Wildman–Crippen MR) is 222 cm³/mol. The minimum atomic E-state index is -0.510. The summed E-state index contributed by atoms with van der Waals surface area (Å²) in [6.45, 7) is 0. The van der Waals surface area contributed by atoms with Gasteiger partial charge < -0.3 is 9.47 Å². The van der Waals surface area contributed by atoms with Crippen molar-refractivity contribution in [1.29, 1.82) is 0 Å². The topological polar surface area (TPSA) is 31.4 Å². The Morgan fingerprint density at radius 2 is 0.945 bits per heavy atom. The molecule has 2 aliphatic rings. The summed E-state index contributed by atoms with van der Waals surface area (Å²) in [5.41, 5.74) is 14.1. The lowest BCUT2D eigenvalue weighted by atomic mass is 9.67. The van der Waals surface area contributed by atoms with Crippen LogP contribution in [0.3, 0.4) is 0 Å². The highest BCUT2D eigenvalue weighted by Crippen LogP contribution is 2.59. The molecule has 0 radical (unpaired) electrons. The molecule has 0 amide bonds. The van der Waals surface area contributed by atoms with Gasteiger partial charge in [-0.25, -0.2) is 4.98 Å². The first kappa shape index (κ1) is 31.3. The number of hydrogen-bond acceptors (Lipinski definition) is 3. The normalized spacial score (nSPS) is 13.2. The van der Waals surface area contributed by atoms with Crippen molar-refractivity contribution in [3.63, 3.8) is 0 Å². The van der Waals surface area contributed by atoms with Gasteiger partial charge in [-0.3, -0.25) is 0 Å². The molecule has 0 bridgehead atoms. The average molecular weight is 704 g/mol. The first-order chi connectivity index (χ1) is 27.2. The molecule has 11 rings (SSSR count). The van der Waals surface area contributed by atoms with Crippen LogP contribution in [0.25, 0.3) is 55.5 Å². The molecule has 1 aliphatic carbocycles. The van der Waals surface area contributed by atoms with Crippen LogP contribution < -0.4 is 9.47 Å². The lowest BCUT2D eigenvalue weighted by Crippen LogP contribution is -2.28. The van der Waals surface area contributed by atoms with Crippen LogP contribution in [0.2, 0.25) is 0 Å². The molecule has 0 saturated heterocycles. The second-order valence-electron chi connectivity index (χ2n) is 14.3. The number of rotatable bonds is 5. The highest BCUT2D eigenvalue weighted by Gasteiger charge is 2.47. The van der Waals surface area contributed by atoms with E-state index < -0.39 is 5.41 Å². The molecular formula is C52H33NO2. The maximum absolute atomic E-state index is 6.75. The van der Waals surface area contributed by atoms with Gasteiger partial charge in [-0.15, -0.1) is 0 Å². The van der Waals surface area contributed by atoms with Crippen LogP contribution in [0, 0.1) is 0 Å². The van der Waals surface area contributed by atoms with E-state index >= 15 is 0 Å². The van der Waals surface area contributed by atoms with Crippen LogP contribution in [0.4, 0.5) is 0 Å². The van der Waals surface area contributed by atoms with Gasteiger partial charge in [0.1, 0.15) is 0 Å². The standard InChI is InChI=1S/C52H33NO2/c1-4-15-34(16-5-1)42-31-47(53-46-26-13-11-24-41(42)46)37-18-14-17-35(29-37)36-27-28-48-49(30-36)55-50-32-43-40-23-10-12-25-44(40)52(38-19-6-2-7-20-38,39-21-8-3-9-22-39)45(43)33-51(50)54-48/h1-33H. The van der Waals surface area contributed by atoms with Crippen LogP contribution in [0.5, 0.6) is 23.0 Å². The molecule has 0 spiro atoms. The van der Waals surface area contributed by atoms with Gasteiger partial charge in [0.15, 0.2) is 23.0 Å². The highest BCUT2D eigenvalue weighted by molar-refractivity contribution is 5.97. The smallest absolute Gasteiger partial charge is 0.170 e. The second kappa shape index (κ2) is 12.4. The van der Waals surface area contributed by atoms with Crippen LogP contribution in [-0.4, -0.2) is 4.98 Å². The fourth-order valence-electron chi connectivity index (χ4n) is 8.73. The lowest BCUT2D eigenvalue weighted by Gasteiger charge is -2.34. The Morgan fingerprint density at radius 1 is 0.345 bits per heavy atom. The van der Waals surface area contributed by atoms with E-state index in [2.05, 4.69) is 188 Å². The molecule has 0 N–H and O–H groups in total. The Kier molecular flexibility index (Phi) is 7.08. The van der Waals surface area contributed by atoms with Crippen molar-refractivity contribution in [1.82, 2.24) is 4.98 Å². The number of fused-ring (bicyclic) bond motifs is 6. The summed E-state index contributed by atoms with van der Waals surface area (Å²) in [5, 5.41) is 1.14. The van der Waals surface area contributed by atoms with Crippen LogP contribution in [0.15, 0.2) is 200 Å². The summed E-state index contributed by atoms with van der Waals surface area (Å²) in [4.78, 5) is 5.11. The number of hydrogen-bond donors (Lipinski definition) is 0. The van der Waals surface area contributed by atoms with Gasteiger partial charge in [-0.1, -0.05) is 158 Å². The third-order valence-corrected chi connectivity index (χ3v) is 11.2. The number of pyridine rings is 1. The monoisotopic (exact) mass is 703 g/mol. The molecule has 0 saturated carbocycles. The molecule has 9 aromatic rings. The summed E-state index contributed by atoms with van der Waals surface area (Å²) >= 11 is 0. The molecule has 0 fully saturated rings. The second-order valence-corrected chi connectivity index (χ2v) is 14.3. The van der Waals surface area contributed by atoms with Gasteiger partial charge in [-0.2, -0.15) is 0 Å². The summed E-state index contributed by atoms with van der Waals surface area (Å²) < 4.78 is 13.5. The zero-order chi connectivity index (χ0) is 36.3. The molecule has 3 heteroatoms. The number of ether oxygens (including phenoxy) is 2. The number of benzene rings is 8. The average Bonchev–Trinajstić information content (AvgIpc) is 3.55. The van der Waals surface area contributed by atoms with Gasteiger partial charge in [0.2, 0.25) is 0 Å². The van der Waals surface area contributed by atoms with Crippen LogP contribution in [-0.2, 0) is 5.41 Å². The number of para-hydroxylation sites is 1. The van der Waals surface area contributed by atoms with E-state index in [9.17, 15) is 0 Å². The van der Waals surface area contributed by atoms with E-state index in [1.807, 2.05) is 12.1 Å². The largest absolute Gasteiger partial charge is 0.450 e. The maximum Gasteiger partial charge on any atom is 0.170 e. The van der Waals surface area contributed by atoms with Gasteiger partial charge >= 0.3 is 0 Å². The Bertz CT molecular complexity index is 2880. The van der Waals surface area contributed by atoms with E-state index in [0.29, 0.717) is 23.0 Å². The van der Waals surface area contributed by atoms with E-state index in [4.69, 9.17) is 14.5 Å². The molecule has 258 valence electrons. The lowest BCUT2D eigenvalue weighted by molar-refractivity contribution is 0.359. The molecule has 1 aromatic heterocycles. The Morgan fingerprint density at radius 3 is 1.75 bits per heavy atom. The predicted octanol–water partition coefficient (Wildman–Crippen LogP) is 13.5. The molecule has 2 heterocycles. The van der Waals surface area contributed by atoms with E-state index in [1.54, 1.807) is 0 Å². The van der Waals surface area contributed by atoms with Gasteiger partial charge in [-0.05, 0) is 98.1 Å². The van der Waals surface area contributed by atoms with Crippen LogP contribution >= 0.6 is 0 Å². The minimum Gasteiger partial charge on any atom is -0.450 e. The summed E-state index contributed by atoms with van der Waals surface area (Å²) in [7, 11) is 0. The minimum absolute atomic E-state index is 0.510. The van der Waals surface area contributed by atoms with E-state index in [-0.39, 0.29) is 0 Å². The van der Waals surface area contributed by atoms with Crippen molar-refractivity contribution < 1.29 is 9.47 Å². The van der Waals surface area contributed by atoms with Crippen molar-refractivity contribution in [2.45, 2.75) is 5.41 Å². The van der Waals surface area contributed by atoms with Gasteiger partial charge in [0.05, 0.1) is 16.6 Å². The molecule has 3 nitrogen and oxygen atoms in total. The SMILES string of the molecule is c1ccc(-c2cc(-c3cccc(-c4ccc5c(c4)Oc4cc6c(cc4O5)C(c4ccccc4)(c4ccccc4)c4ccccc4-6)c3)nc3ccccc23)cc1. The fourth-order valence-corrected chi connectivity index (χ4v) is 8.73.